The largest absolute Gasteiger partial charge is 0.451 e. The minimum atomic E-state index is -3.32. The van der Waals surface area contributed by atoms with E-state index in [9.17, 15) is 17.6 Å². The van der Waals surface area contributed by atoms with Gasteiger partial charge in [0, 0.05) is 30.1 Å². The lowest BCUT2D eigenvalue weighted by atomic mass is 10.0. The van der Waals surface area contributed by atoms with E-state index in [1.54, 1.807) is 11.8 Å². The molecule has 1 amide bonds. The summed E-state index contributed by atoms with van der Waals surface area (Å²) in [5, 5.41) is 0.575. The summed E-state index contributed by atoms with van der Waals surface area (Å²) in [4.78, 5) is 14.6. The van der Waals surface area contributed by atoms with Gasteiger partial charge in [0.2, 0.25) is 10.0 Å². The summed E-state index contributed by atoms with van der Waals surface area (Å²) in [6.45, 7) is 2.45. The Hall–Kier alpha value is -1.93. The van der Waals surface area contributed by atoms with E-state index in [-0.39, 0.29) is 30.1 Å². The Balaban J connectivity index is 1.88. The maximum Gasteiger partial charge on any atom is 0.290 e. The number of piperidine rings is 1. The van der Waals surface area contributed by atoms with Crippen LogP contribution in [-0.2, 0) is 10.0 Å². The molecule has 1 aromatic heterocycles. The average Bonchev–Trinajstić information content (AvgIpc) is 2.88. The van der Waals surface area contributed by atoms with E-state index in [0.717, 1.165) is 25.5 Å². The number of hydrogen-bond acceptors (Lipinski definition) is 4. The molecule has 1 aliphatic heterocycles. The number of hydrogen-bond donors (Lipinski definition) is 1. The summed E-state index contributed by atoms with van der Waals surface area (Å²) in [6.07, 6.45) is 3.61. The van der Waals surface area contributed by atoms with Crippen LogP contribution in [0.4, 0.5) is 4.39 Å². The first-order valence-corrected chi connectivity index (χ1v) is 10.1. The van der Waals surface area contributed by atoms with Gasteiger partial charge in [-0.05, 0) is 44.4 Å². The number of amides is 1. The zero-order chi connectivity index (χ0) is 18.2. The summed E-state index contributed by atoms with van der Waals surface area (Å²) in [6, 6.07) is 3.93. The number of rotatable bonds is 4. The van der Waals surface area contributed by atoms with E-state index < -0.39 is 10.0 Å². The van der Waals surface area contributed by atoms with Crippen LogP contribution in [-0.4, -0.2) is 44.6 Å². The molecule has 2 aromatic rings. The molecule has 1 N–H and O–H groups in total. The van der Waals surface area contributed by atoms with E-state index in [1.807, 2.05) is 0 Å². The predicted molar refractivity (Wildman–Crippen MR) is 92.4 cm³/mol. The smallest absolute Gasteiger partial charge is 0.290 e. The highest BCUT2D eigenvalue weighted by Crippen LogP contribution is 2.28. The van der Waals surface area contributed by atoms with E-state index in [2.05, 4.69) is 4.72 Å². The van der Waals surface area contributed by atoms with Crippen LogP contribution >= 0.6 is 0 Å². The Labute approximate surface area is 146 Å². The molecule has 25 heavy (non-hydrogen) atoms. The zero-order valence-electron chi connectivity index (χ0n) is 14.2. The Bertz CT molecular complexity index is 907. The van der Waals surface area contributed by atoms with E-state index in [4.69, 9.17) is 4.42 Å². The number of halogens is 1. The number of benzene rings is 1. The second-order valence-corrected chi connectivity index (χ2v) is 8.30. The van der Waals surface area contributed by atoms with Gasteiger partial charge in [0.05, 0.1) is 6.26 Å². The molecule has 8 heteroatoms. The minimum absolute atomic E-state index is 0.179. The molecule has 0 saturated carbocycles. The van der Waals surface area contributed by atoms with Crippen molar-refractivity contribution in [3.05, 3.63) is 35.3 Å². The summed E-state index contributed by atoms with van der Waals surface area (Å²) < 4.78 is 44.3. The van der Waals surface area contributed by atoms with Crippen LogP contribution in [0.25, 0.3) is 11.0 Å². The molecule has 3 rings (SSSR count). The van der Waals surface area contributed by atoms with Gasteiger partial charge in [-0.1, -0.05) is 0 Å². The van der Waals surface area contributed by atoms with Gasteiger partial charge in [-0.15, -0.1) is 0 Å². The molecular weight excluding hydrogens is 347 g/mol. The van der Waals surface area contributed by atoms with Crippen LogP contribution in [0.3, 0.4) is 0 Å². The summed E-state index contributed by atoms with van der Waals surface area (Å²) in [5.41, 5.74) is 1.06. The van der Waals surface area contributed by atoms with Crippen molar-refractivity contribution in [3.63, 3.8) is 0 Å². The lowest BCUT2D eigenvalue weighted by Crippen LogP contribution is -2.49. The second-order valence-electron chi connectivity index (χ2n) is 6.47. The second kappa shape index (κ2) is 6.76. The van der Waals surface area contributed by atoms with E-state index in [1.165, 1.54) is 18.2 Å². The van der Waals surface area contributed by atoms with Gasteiger partial charge in [0.15, 0.2) is 5.76 Å². The third kappa shape index (κ3) is 3.85. The number of furan rings is 1. The van der Waals surface area contributed by atoms with Gasteiger partial charge in [-0.25, -0.2) is 17.5 Å². The summed E-state index contributed by atoms with van der Waals surface area (Å²) >= 11 is 0. The van der Waals surface area contributed by atoms with Gasteiger partial charge in [0.25, 0.3) is 5.91 Å². The number of carbonyl (C=O) groups is 1. The van der Waals surface area contributed by atoms with Crippen LogP contribution in [0.15, 0.2) is 22.6 Å². The van der Waals surface area contributed by atoms with Crippen LogP contribution < -0.4 is 4.72 Å². The molecule has 0 radical (unpaired) electrons. The molecule has 1 fully saturated rings. The van der Waals surface area contributed by atoms with Crippen molar-refractivity contribution in [1.29, 1.82) is 0 Å². The topological polar surface area (TPSA) is 79.6 Å². The molecule has 0 aliphatic carbocycles. The lowest BCUT2D eigenvalue weighted by Gasteiger charge is -2.35. The number of sulfonamides is 1. The third-order valence-electron chi connectivity index (χ3n) is 4.56. The number of nitrogens with zero attached hydrogens (tertiary/aromatic N) is 1. The molecule has 6 nitrogen and oxygen atoms in total. The molecular formula is C17H21FN2O4S. The highest BCUT2D eigenvalue weighted by Gasteiger charge is 2.31. The molecule has 1 aliphatic rings. The predicted octanol–water partition coefficient (Wildman–Crippen LogP) is 2.42. The van der Waals surface area contributed by atoms with Crippen LogP contribution in [0.1, 0.15) is 35.4 Å². The quantitative estimate of drug-likeness (QED) is 0.899. The van der Waals surface area contributed by atoms with Crippen LogP contribution in [0.2, 0.25) is 0 Å². The van der Waals surface area contributed by atoms with Crippen molar-refractivity contribution in [2.24, 2.45) is 0 Å². The zero-order valence-corrected chi connectivity index (χ0v) is 15.0. The molecule has 1 unspecified atom stereocenters. The summed E-state index contributed by atoms with van der Waals surface area (Å²) in [7, 11) is -3.32. The number of carbonyl (C=O) groups excluding carboxylic acids is 1. The number of fused-ring (bicyclic) bond motifs is 1. The van der Waals surface area contributed by atoms with Gasteiger partial charge < -0.3 is 9.32 Å². The fourth-order valence-corrected chi connectivity index (χ4v) is 3.75. The highest BCUT2D eigenvalue weighted by atomic mass is 32.2. The number of nitrogens with one attached hydrogen (secondary N) is 1. The molecule has 2 heterocycles. The van der Waals surface area contributed by atoms with Crippen molar-refractivity contribution in [1.82, 2.24) is 9.62 Å². The maximum atomic E-state index is 13.5. The Morgan fingerprint density at radius 3 is 2.88 bits per heavy atom. The van der Waals surface area contributed by atoms with Crippen molar-refractivity contribution in [2.45, 2.75) is 32.2 Å². The number of likely N-dealkylation sites (tertiary alicyclic amines) is 1. The first-order chi connectivity index (χ1) is 11.8. The van der Waals surface area contributed by atoms with Crippen molar-refractivity contribution in [2.75, 3.05) is 19.3 Å². The molecule has 1 aromatic carbocycles. The first-order valence-electron chi connectivity index (χ1n) is 8.20. The van der Waals surface area contributed by atoms with Gasteiger partial charge in [0.1, 0.15) is 11.4 Å². The van der Waals surface area contributed by atoms with Crippen LogP contribution in [0, 0.1) is 12.7 Å². The fourth-order valence-electron chi connectivity index (χ4n) is 3.26. The minimum Gasteiger partial charge on any atom is -0.451 e. The fraction of sp³-hybridized carbons (Fsp3) is 0.471. The van der Waals surface area contributed by atoms with Crippen molar-refractivity contribution >= 4 is 26.9 Å². The monoisotopic (exact) mass is 368 g/mol. The van der Waals surface area contributed by atoms with Gasteiger partial charge in [-0.2, -0.15) is 0 Å². The van der Waals surface area contributed by atoms with Gasteiger partial charge >= 0.3 is 0 Å². The third-order valence-corrected chi connectivity index (χ3v) is 5.25. The molecule has 0 spiro atoms. The standard InChI is InChI=1S/C17H21FN2O4S/c1-11-14-9-12(18)6-7-15(14)24-16(11)17(21)20-8-4-3-5-13(20)10-19-25(2,22)23/h6-7,9,13,19H,3-5,8,10H2,1-2H3. The maximum absolute atomic E-state index is 13.5. The molecule has 1 saturated heterocycles. The normalized spacial score (nSPS) is 18.7. The Morgan fingerprint density at radius 2 is 2.16 bits per heavy atom. The molecule has 136 valence electrons. The summed E-state index contributed by atoms with van der Waals surface area (Å²) in [5.74, 6) is -0.482. The highest BCUT2D eigenvalue weighted by molar-refractivity contribution is 7.88. The van der Waals surface area contributed by atoms with Gasteiger partial charge in [-0.3, -0.25) is 4.79 Å². The lowest BCUT2D eigenvalue weighted by molar-refractivity contribution is 0.0587. The Morgan fingerprint density at radius 1 is 1.40 bits per heavy atom. The van der Waals surface area contributed by atoms with Crippen molar-refractivity contribution < 1.29 is 22.0 Å². The van der Waals surface area contributed by atoms with E-state index >= 15 is 0 Å². The van der Waals surface area contributed by atoms with Crippen molar-refractivity contribution in [3.8, 4) is 0 Å². The average molecular weight is 368 g/mol. The first kappa shape index (κ1) is 17.9. The molecule has 0 bridgehead atoms. The molecule has 1 atom stereocenters. The SMILES string of the molecule is Cc1c(C(=O)N2CCCCC2CNS(C)(=O)=O)oc2ccc(F)cc12. The number of aryl methyl sites for hydroxylation is 1. The van der Waals surface area contributed by atoms with E-state index in [0.29, 0.717) is 23.1 Å². The Kier molecular flexibility index (Phi) is 4.83. The van der Waals surface area contributed by atoms with Crippen LogP contribution in [0.5, 0.6) is 0 Å².